The molecule has 0 aliphatic rings. The largest absolute Gasteiger partial charge is 0.497 e. The van der Waals surface area contributed by atoms with Crippen molar-refractivity contribution in [3.8, 4) is 17.0 Å². The molecule has 0 saturated carbocycles. The Balaban J connectivity index is 1.38. The second kappa shape index (κ2) is 7.59. The van der Waals surface area contributed by atoms with Crippen molar-refractivity contribution in [3.63, 3.8) is 0 Å². The molecule has 3 heterocycles. The number of benzene rings is 1. The summed E-state index contributed by atoms with van der Waals surface area (Å²) in [6.45, 7) is 0.601. The van der Waals surface area contributed by atoms with E-state index in [4.69, 9.17) is 4.74 Å². The second-order valence-electron chi connectivity index (χ2n) is 6.01. The number of aryl methyl sites for hydroxylation is 1. The number of carbonyl (C=O) groups excluding carboxylic acids is 1. The van der Waals surface area contributed by atoms with Crippen molar-refractivity contribution in [2.45, 2.75) is 13.0 Å². The SMILES string of the molecule is COc1ccc2c(ccn2CCC(=O)Nc2nc(-c3ccncc3)cs2)c1. The lowest BCUT2D eigenvalue weighted by Crippen LogP contribution is -2.14. The third-order valence-electron chi connectivity index (χ3n) is 4.28. The second-order valence-corrected chi connectivity index (χ2v) is 6.86. The Bertz CT molecular complexity index is 1070. The van der Waals surface area contributed by atoms with Crippen LogP contribution in [0.15, 0.2) is 60.4 Å². The fourth-order valence-electron chi connectivity index (χ4n) is 2.89. The van der Waals surface area contributed by atoms with Gasteiger partial charge in [0.05, 0.1) is 12.8 Å². The number of nitrogens with zero attached hydrogens (tertiary/aromatic N) is 3. The zero-order chi connectivity index (χ0) is 18.6. The van der Waals surface area contributed by atoms with E-state index >= 15 is 0 Å². The van der Waals surface area contributed by atoms with Crippen molar-refractivity contribution < 1.29 is 9.53 Å². The molecule has 0 radical (unpaired) electrons. The molecular weight excluding hydrogens is 360 g/mol. The molecule has 4 rings (SSSR count). The van der Waals surface area contributed by atoms with E-state index in [0.717, 1.165) is 27.9 Å². The fraction of sp³-hybridized carbons (Fsp3) is 0.150. The smallest absolute Gasteiger partial charge is 0.227 e. The quantitative estimate of drug-likeness (QED) is 0.546. The zero-order valence-electron chi connectivity index (χ0n) is 14.8. The molecule has 3 aromatic heterocycles. The van der Waals surface area contributed by atoms with Gasteiger partial charge in [0.25, 0.3) is 0 Å². The molecule has 136 valence electrons. The number of hydrogen-bond acceptors (Lipinski definition) is 5. The van der Waals surface area contributed by atoms with Crippen LogP contribution in [0.4, 0.5) is 5.13 Å². The Morgan fingerprint density at radius 2 is 2.07 bits per heavy atom. The molecule has 27 heavy (non-hydrogen) atoms. The first kappa shape index (κ1) is 17.2. The van der Waals surface area contributed by atoms with Gasteiger partial charge < -0.3 is 14.6 Å². The number of nitrogens with one attached hydrogen (secondary N) is 1. The van der Waals surface area contributed by atoms with E-state index < -0.39 is 0 Å². The number of methoxy groups -OCH3 is 1. The normalized spacial score (nSPS) is 10.9. The number of anilines is 1. The van der Waals surface area contributed by atoms with Crippen LogP contribution in [0.5, 0.6) is 5.75 Å². The minimum atomic E-state index is -0.0546. The van der Waals surface area contributed by atoms with Gasteiger partial charge in [0.2, 0.25) is 5.91 Å². The highest BCUT2D eigenvalue weighted by Gasteiger charge is 2.09. The Morgan fingerprint density at radius 3 is 2.89 bits per heavy atom. The highest BCUT2D eigenvalue weighted by atomic mass is 32.1. The van der Waals surface area contributed by atoms with E-state index in [9.17, 15) is 4.79 Å². The lowest BCUT2D eigenvalue weighted by molar-refractivity contribution is -0.116. The van der Waals surface area contributed by atoms with Gasteiger partial charge in [-0.05, 0) is 36.4 Å². The third-order valence-corrected chi connectivity index (χ3v) is 5.04. The van der Waals surface area contributed by atoms with Crippen LogP contribution >= 0.6 is 11.3 Å². The van der Waals surface area contributed by atoms with Gasteiger partial charge in [-0.25, -0.2) is 4.98 Å². The molecule has 7 heteroatoms. The summed E-state index contributed by atoms with van der Waals surface area (Å²) >= 11 is 1.42. The number of carbonyl (C=O) groups is 1. The molecule has 0 spiro atoms. The molecule has 4 aromatic rings. The molecule has 0 saturated heterocycles. The molecule has 0 aliphatic carbocycles. The van der Waals surface area contributed by atoms with E-state index in [-0.39, 0.29) is 5.91 Å². The molecule has 1 aromatic carbocycles. The summed E-state index contributed by atoms with van der Waals surface area (Å²) in [6, 6.07) is 11.7. The zero-order valence-corrected chi connectivity index (χ0v) is 15.6. The summed E-state index contributed by atoms with van der Waals surface area (Å²) in [6.07, 6.45) is 5.82. The van der Waals surface area contributed by atoms with Crippen LogP contribution in [0.2, 0.25) is 0 Å². The molecular formula is C20H18N4O2S. The van der Waals surface area contributed by atoms with Crippen molar-refractivity contribution in [2.24, 2.45) is 0 Å². The highest BCUT2D eigenvalue weighted by Crippen LogP contribution is 2.25. The number of thiazole rings is 1. The fourth-order valence-corrected chi connectivity index (χ4v) is 3.63. The van der Waals surface area contributed by atoms with Crippen LogP contribution in [0.3, 0.4) is 0 Å². The van der Waals surface area contributed by atoms with Crippen LogP contribution in [0, 0.1) is 0 Å². The van der Waals surface area contributed by atoms with Gasteiger partial charge in [0.15, 0.2) is 5.13 Å². The van der Waals surface area contributed by atoms with Crippen molar-refractivity contribution >= 4 is 33.3 Å². The predicted molar refractivity (Wildman–Crippen MR) is 107 cm³/mol. The predicted octanol–water partition coefficient (Wildman–Crippen LogP) is 4.20. The van der Waals surface area contributed by atoms with Crippen LogP contribution in [0.25, 0.3) is 22.2 Å². The summed E-state index contributed by atoms with van der Waals surface area (Å²) in [5.41, 5.74) is 2.90. The number of rotatable bonds is 6. The van der Waals surface area contributed by atoms with Crippen LogP contribution in [-0.2, 0) is 11.3 Å². The average Bonchev–Trinajstić information content (AvgIpc) is 3.33. The summed E-state index contributed by atoms with van der Waals surface area (Å²) in [4.78, 5) is 20.8. The summed E-state index contributed by atoms with van der Waals surface area (Å²) in [7, 11) is 1.65. The minimum Gasteiger partial charge on any atom is -0.497 e. The van der Waals surface area contributed by atoms with Gasteiger partial charge >= 0.3 is 0 Å². The summed E-state index contributed by atoms with van der Waals surface area (Å²) < 4.78 is 7.32. The Kier molecular flexibility index (Phi) is 4.84. The number of ether oxygens (including phenoxy) is 1. The number of pyridine rings is 1. The van der Waals surface area contributed by atoms with Gasteiger partial charge in [0, 0.05) is 53.4 Å². The minimum absolute atomic E-state index is 0.0546. The maximum absolute atomic E-state index is 12.3. The lowest BCUT2D eigenvalue weighted by Gasteiger charge is -2.06. The van der Waals surface area contributed by atoms with E-state index in [2.05, 4.69) is 19.9 Å². The summed E-state index contributed by atoms with van der Waals surface area (Å²) in [5, 5.41) is 6.51. The van der Waals surface area contributed by atoms with E-state index in [1.54, 1.807) is 19.5 Å². The Hall–Kier alpha value is -3.19. The molecule has 0 atom stereocenters. The molecule has 0 fully saturated rings. The third kappa shape index (κ3) is 3.83. The van der Waals surface area contributed by atoms with Gasteiger partial charge in [-0.15, -0.1) is 11.3 Å². The average molecular weight is 378 g/mol. The Labute approximate surface area is 160 Å². The van der Waals surface area contributed by atoms with Crippen molar-refractivity contribution in [3.05, 3.63) is 60.4 Å². The van der Waals surface area contributed by atoms with Crippen molar-refractivity contribution in [1.82, 2.24) is 14.5 Å². The monoisotopic (exact) mass is 378 g/mol. The summed E-state index contributed by atoms with van der Waals surface area (Å²) in [5.74, 6) is 0.771. The first-order chi connectivity index (χ1) is 13.2. The first-order valence-corrected chi connectivity index (χ1v) is 9.39. The number of hydrogen-bond donors (Lipinski definition) is 1. The molecule has 0 aliphatic heterocycles. The van der Waals surface area contributed by atoms with E-state index in [1.165, 1.54) is 11.3 Å². The molecule has 1 amide bonds. The number of fused-ring (bicyclic) bond motifs is 1. The Morgan fingerprint density at radius 1 is 1.22 bits per heavy atom. The molecule has 1 N–H and O–H groups in total. The van der Waals surface area contributed by atoms with Crippen LogP contribution in [0.1, 0.15) is 6.42 Å². The standard InChI is InChI=1S/C20H18N4O2S/c1-26-16-2-3-18-15(12-16)6-10-24(18)11-7-19(25)23-20-22-17(13-27-20)14-4-8-21-9-5-14/h2-6,8-10,12-13H,7,11H2,1H3,(H,22,23,25). The molecule has 0 unspecified atom stereocenters. The maximum Gasteiger partial charge on any atom is 0.227 e. The van der Waals surface area contributed by atoms with Crippen molar-refractivity contribution in [1.29, 1.82) is 0 Å². The van der Waals surface area contributed by atoms with E-state index in [1.807, 2.05) is 48.0 Å². The first-order valence-electron chi connectivity index (χ1n) is 8.51. The topological polar surface area (TPSA) is 69.0 Å². The van der Waals surface area contributed by atoms with E-state index in [0.29, 0.717) is 18.1 Å². The van der Waals surface area contributed by atoms with Gasteiger partial charge in [-0.3, -0.25) is 9.78 Å². The maximum atomic E-state index is 12.3. The lowest BCUT2D eigenvalue weighted by atomic mass is 10.2. The van der Waals surface area contributed by atoms with Gasteiger partial charge in [0.1, 0.15) is 5.75 Å². The molecule has 0 bridgehead atoms. The highest BCUT2D eigenvalue weighted by molar-refractivity contribution is 7.14. The van der Waals surface area contributed by atoms with Gasteiger partial charge in [-0.1, -0.05) is 0 Å². The van der Waals surface area contributed by atoms with Crippen molar-refractivity contribution in [2.75, 3.05) is 12.4 Å². The molecule has 6 nitrogen and oxygen atoms in total. The number of aromatic nitrogens is 3. The number of amides is 1. The van der Waals surface area contributed by atoms with Crippen LogP contribution < -0.4 is 10.1 Å². The van der Waals surface area contributed by atoms with Gasteiger partial charge in [-0.2, -0.15) is 0 Å². The van der Waals surface area contributed by atoms with Crippen LogP contribution in [-0.4, -0.2) is 27.6 Å².